The maximum atomic E-state index is 11.1. The average molecular weight is 278 g/mol. The summed E-state index contributed by atoms with van der Waals surface area (Å²) in [5, 5.41) is 0. The highest BCUT2D eigenvalue weighted by molar-refractivity contribution is 5.94. The Bertz CT molecular complexity index is 370. The van der Waals surface area contributed by atoms with E-state index < -0.39 is 0 Å². The van der Waals surface area contributed by atoms with Crippen molar-refractivity contribution in [2.75, 3.05) is 19.8 Å². The van der Waals surface area contributed by atoms with E-state index in [0.717, 1.165) is 18.8 Å². The van der Waals surface area contributed by atoms with Crippen LogP contribution in [0.4, 0.5) is 0 Å². The average Bonchev–Trinajstić information content (AvgIpc) is 2.46. The van der Waals surface area contributed by atoms with Gasteiger partial charge in [-0.3, -0.25) is 4.79 Å². The third-order valence-electron chi connectivity index (χ3n) is 3.15. The van der Waals surface area contributed by atoms with Crippen LogP contribution in [0.3, 0.4) is 0 Å². The van der Waals surface area contributed by atoms with Crippen molar-refractivity contribution in [2.24, 2.45) is 0 Å². The van der Waals surface area contributed by atoms with Crippen LogP contribution in [0.1, 0.15) is 56.3 Å². The number of carbonyl (C=O) groups excluding carboxylic acids is 1. The molecule has 0 saturated heterocycles. The minimum atomic E-state index is 0.0722. The second kappa shape index (κ2) is 10.4. The molecular formula is C17H26O3. The fourth-order valence-electron chi connectivity index (χ4n) is 1.91. The Hall–Kier alpha value is -1.35. The topological polar surface area (TPSA) is 35.5 Å². The molecule has 20 heavy (non-hydrogen) atoms. The van der Waals surface area contributed by atoms with Crippen LogP contribution in [0.15, 0.2) is 24.3 Å². The Kier molecular flexibility index (Phi) is 8.72. The van der Waals surface area contributed by atoms with Gasteiger partial charge in [0.05, 0.1) is 6.61 Å². The number of hydrogen-bond donors (Lipinski definition) is 0. The summed E-state index contributed by atoms with van der Waals surface area (Å²) >= 11 is 0. The molecule has 0 bridgehead atoms. The molecule has 0 radical (unpaired) electrons. The van der Waals surface area contributed by atoms with Gasteiger partial charge >= 0.3 is 0 Å². The lowest BCUT2D eigenvalue weighted by Gasteiger charge is -2.07. The number of benzene rings is 1. The largest absolute Gasteiger partial charge is 0.491 e. The van der Waals surface area contributed by atoms with E-state index in [1.165, 1.54) is 25.7 Å². The predicted octanol–water partition coefficient (Wildman–Crippen LogP) is 4.26. The maximum absolute atomic E-state index is 11.1. The molecule has 0 spiro atoms. The van der Waals surface area contributed by atoms with Crippen LogP contribution < -0.4 is 4.74 Å². The van der Waals surface area contributed by atoms with Gasteiger partial charge in [-0.2, -0.15) is 0 Å². The van der Waals surface area contributed by atoms with Gasteiger partial charge in [-0.05, 0) is 37.6 Å². The number of carbonyl (C=O) groups is 1. The molecule has 0 fully saturated rings. The summed E-state index contributed by atoms with van der Waals surface area (Å²) in [4.78, 5) is 11.1. The summed E-state index contributed by atoms with van der Waals surface area (Å²) in [6, 6.07) is 7.21. The van der Waals surface area contributed by atoms with E-state index in [2.05, 4.69) is 6.92 Å². The van der Waals surface area contributed by atoms with Crippen molar-refractivity contribution in [1.29, 1.82) is 0 Å². The van der Waals surface area contributed by atoms with Gasteiger partial charge in [0.2, 0.25) is 0 Å². The summed E-state index contributed by atoms with van der Waals surface area (Å²) in [6.45, 7) is 5.76. The van der Waals surface area contributed by atoms with Crippen molar-refractivity contribution < 1.29 is 14.3 Å². The third-order valence-corrected chi connectivity index (χ3v) is 3.15. The van der Waals surface area contributed by atoms with Crippen molar-refractivity contribution in [3.8, 4) is 5.75 Å². The van der Waals surface area contributed by atoms with E-state index in [0.29, 0.717) is 18.8 Å². The number of rotatable bonds is 11. The predicted molar refractivity (Wildman–Crippen MR) is 81.5 cm³/mol. The summed E-state index contributed by atoms with van der Waals surface area (Å²) in [7, 11) is 0. The number of ether oxygens (including phenoxy) is 2. The van der Waals surface area contributed by atoms with Crippen LogP contribution in [-0.4, -0.2) is 25.6 Å². The van der Waals surface area contributed by atoms with Gasteiger partial charge in [0.25, 0.3) is 0 Å². The first kappa shape index (κ1) is 16.7. The molecule has 0 aliphatic carbocycles. The van der Waals surface area contributed by atoms with Gasteiger partial charge in [0.15, 0.2) is 5.78 Å². The van der Waals surface area contributed by atoms with Gasteiger partial charge in [0, 0.05) is 12.2 Å². The molecule has 3 nitrogen and oxygen atoms in total. The summed E-state index contributed by atoms with van der Waals surface area (Å²) in [5.41, 5.74) is 0.709. The molecule has 0 aliphatic heterocycles. The number of hydrogen-bond acceptors (Lipinski definition) is 3. The highest BCUT2D eigenvalue weighted by Crippen LogP contribution is 2.12. The van der Waals surface area contributed by atoms with Crippen LogP contribution in [0.25, 0.3) is 0 Å². The Morgan fingerprint density at radius 2 is 1.65 bits per heavy atom. The first-order chi connectivity index (χ1) is 9.74. The quantitative estimate of drug-likeness (QED) is 0.448. The zero-order valence-electron chi connectivity index (χ0n) is 12.7. The molecule has 0 amide bonds. The fraction of sp³-hybridized carbons (Fsp3) is 0.588. The van der Waals surface area contributed by atoms with Crippen LogP contribution in [-0.2, 0) is 4.74 Å². The molecule has 1 rings (SSSR count). The number of Topliss-reactive ketones (excluding diaryl/α,β-unsaturated/α-hetero) is 1. The van der Waals surface area contributed by atoms with Crippen molar-refractivity contribution in [3.63, 3.8) is 0 Å². The zero-order valence-corrected chi connectivity index (χ0v) is 12.7. The standard InChI is InChI=1S/C17H26O3/c1-3-4-5-6-7-12-19-13-14-20-17-10-8-16(9-11-17)15(2)18/h8-11H,3-7,12-14H2,1-2H3. The molecule has 0 aliphatic rings. The van der Waals surface area contributed by atoms with Gasteiger partial charge in [-0.15, -0.1) is 0 Å². The maximum Gasteiger partial charge on any atom is 0.159 e. The molecular weight excluding hydrogens is 252 g/mol. The van der Waals surface area contributed by atoms with E-state index in [-0.39, 0.29) is 5.78 Å². The second-order valence-electron chi connectivity index (χ2n) is 4.96. The van der Waals surface area contributed by atoms with Crippen molar-refractivity contribution in [2.45, 2.75) is 46.0 Å². The molecule has 1 aromatic rings. The SMILES string of the molecule is CCCCCCCOCCOc1ccc(C(C)=O)cc1. The van der Waals surface area contributed by atoms with Gasteiger partial charge in [-0.25, -0.2) is 0 Å². The summed E-state index contributed by atoms with van der Waals surface area (Å²) in [6.07, 6.45) is 6.28. The van der Waals surface area contributed by atoms with Crippen molar-refractivity contribution in [3.05, 3.63) is 29.8 Å². The molecule has 0 atom stereocenters. The monoisotopic (exact) mass is 278 g/mol. The van der Waals surface area contributed by atoms with E-state index >= 15 is 0 Å². The molecule has 1 aromatic carbocycles. The zero-order chi connectivity index (χ0) is 14.6. The summed E-state index contributed by atoms with van der Waals surface area (Å²) in [5.74, 6) is 0.851. The van der Waals surface area contributed by atoms with Crippen LogP contribution in [0.2, 0.25) is 0 Å². The first-order valence-electron chi connectivity index (χ1n) is 7.55. The highest BCUT2D eigenvalue weighted by atomic mass is 16.5. The Labute approximate surface area is 122 Å². The minimum Gasteiger partial charge on any atom is -0.491 e. The molecule has 112 valence electrons. The molecule has 0 N–H and O–H groups in total. The minimum absolute atomic E-state index is 0.0722. The third kappa shape index (κ3) is 7.29. The number of unbranched alkanes of at least 4 members (excludes halogenated alkanes) is 4. The normalized spacial score (nSPS) is 10.5. The van der Waals surface area contributed by atoms with Crippen molar-refractivity contribution >= 4 is 5.78 Å². The highest BCUT2D eigenvalue weighted by Gasteiger charge is 1.99. The molecule has 0 heterocycles. The first-order valence-corrected chi connectivity index (χ1v) is 7.55. The molecule has 0 aromatic heterocycles. The molecule has 0 saturated carbocycles. The van der Waals surface area contributed by atoms with E-state index in [1.54, 1.807) is 19.1 Å². The van der Waals surface area contributed by atoms with E-state index in [9.17, 15) is 4.79 Å². The Balaban J connectivity index is 2.02. The Morgan fingerprint density at radius 3 is 2.30 bits per heavy atom. The van der Waals surface area contributed by atoms with Gasteiger partial charge in [0.1, 0.15) is 12.4 Å². The fourth-order valence-corrected chi connectivity index (χ4v) is 1.91. The number of ketones is 1. The van der Waals surface area contributed by atoms with Crippen LogP contribution >= 0.6 is 0 Å². The second-order valence-corrected chi connectivity index (χ2v) is 4.96. The lowest BCUT2D eigenvalue weighted by Crippen LogP contribution is -2.07. The van der Waals surface area contributed by atoms with E-state index in [4.69, 9.17) is 9.47 Å². The van der Waals surface area contributed by atoms with Gasteiger partial charge < -0.3 is 9.47 Å². The Morgan fingerprint density at radius 1 is 0.950 bits per heavy atom. The van der Waals surface area contributed by atoms with Crippen LogP contribution in [0.5, 0.6) is 5.75 Å². The smallest absolute Gasteiger partial charge is 0.159 e. The summed E-state index contributed by atoms with van der Waals surface area (Å²) < 4.78 is 11.1. The molecule has 3 heteroatoms. The van der Waals surface area contributed by atoms with Crippen LogP contribution in [0, 0.1) is 0 Å². The molecule has 0 unspecified atom stereocenters. The van der Waals surface area contributed by atoms with Gasteiger partial charge in [-0.1, -0.05) is 32.6 Å². The lowest BCUT2D eigenvalue weighted by molar-refractivity contribution is 0.0969. The lowest BCUT2D eigenvalue weighted by atomic mass is 10.1. The van der Waals surface area contributed by atoms with Crippen molar-refractivity contribution in [1.82, 2.24) is 0 Å². The van der Waals surface area contributed by atoms with E-state index in [1.807, 2.05) is 12.1 Å².